The Morgan fingerprint density at radius 1 is 0.926 bits per heavy atom. The van der Waals surface area contributed by atoms with E-state index in [1.165, 1.54) is 20.9 Å². The van der Waals surface area contributed by atoms with Crippen LogP contribution in [0.1, 0.15) is 27.7 Å². The minimum atomic E-state index is -0.967. The molecule has 1 radical (unpaired) electrons. The molecule has 4 aromatic rings. The van der Waals surface area contributed by atoms with Gasteiger partial charge in [-0.15, -0.1) is 11.3 Å². The second-order valence-corrected chi connectivity index (χ2v) is 9.38. The first-order valence-electron chi connectivity index (χ1n) is 8.94. The molecule has 0 saturated carbocycles. The minimum Gasteiger partial charge on any atom is -0.427 e. The van der Waals surface area contributed by atoms with Gasteiger partial charge in [-0.3, -0.25) is 0 Å². The summed E-state index contributed by atoms with van der Waals surface area (Å²) in [6.07, 6.45) is 0. The molecule has 0 atom stereocenters. The lowest BCUT2D eigenvalue weighted by Crippen LogP contribution is -2.49. The molecule has 0 aliphatic heterocycles. The van der Waals surface area contributed by atoms with Crippen LogP contribution in [0.15, 0.2) is 48.5 Å². The minimum absolute atomic E-state index is 0.716. The van der Waals surface area contributed by atoms with Crippen molar-refractivity contribution in [3.05, 3.63) is 53.6 Å². The number of thiophene rings is 1. The van der Waals surface area contributed by atoms with Crippen LogP contribution < -0.4 is 5.46 Å². The van der Waals surface area contributed by atoms with E-state index in [4.69, 9.17) is 16.3 Å². The van der Waals surface area contributed by atoms with Gasteiger partial charge in [-0.05, 0) is 44.5 Å². The maximum Gasteiger partial charge on any atom is 0.330 e. The lowest BCUT2D eigenvalue weighted by atomic mass is 9.82. The van der Waals surface area contributed by atoms with Crippen molar-refractivity contribution in [1.29, 1.82) is 0 Å². The lowest BCUT2D eigenvalue weighted by molar-refractivity contribution is -0.0893. The van der Waals surface area contributed by atoms with Crippen LogP contribution in [0, 0.1) is 0 Å². The van der Waals surface area contributed by atoms with E-state index in [2.05, 4.69) is 42.5 Å². The third-order valence-corrected chi connectivity index (χ3v) is 7.10. The van der Waals surface area contributed by atoms with Crippen molar-refractivity contribution in [2.24, 2.45) is 0 Å². The molecule has 0 unspecified atom stereocenters. The van der Waals surface area contributed by atoms with Gasteiger partial charge in [0, 0.05) is 15.5 Å². The highest BCUT2D eigenvalue weighted by Crippen LogP contribution is 2.40. The van der Waals surface area contributed by atoms with Crippen LogP contribution in [-0.4, -0.2) is 23.8 Å². The number of halogens is 1. The zero-order chi connectivity index (χ0) is 19.4. The van der Waals surface area contributed by atoms with E-state index in [0.29, 0.717) is 5.02 Å². The fourth-order valence-electron chi connectivity index (χ4n) is 3.01. The zero-order valence-electron chi connectivity index (χ0n) is 15.8. The standard InChI is InChI=1S/C22H21BClO2S/c1-21(2,25)22(3,4)26-23-14-11-17-16-10-9-13-7-5-6-8-15(13)19(16)27-20(17)18(24)12-14/h5-12,25H,1-4H3. The molecule has 1 N–H and O–H groups in total. The van der Waals surface area contributed by atoms with Gasteiger partial charge in [-0.25, -0.2) is 0 Å². The predicted octanol–water partition coefficient (Wildman–Crippen LogP) is 5.67. The Labute approximate surface area is 169 Å². The molecule has 0 aliphatic carbocycles. The Balaban J connectivity index is 1.81. The summed E-state index contributed by atoms with van der Waals surface area (Å²) in [7, 11) is 1.69. The number of hydrogen-bond acceptors (Lipinski definition) is 3. The van der Waals surface area contributed by atoms with Crippen LogP contribution in [0.25, 0.3) is 30.9 Å². The highest BCUT2D eigenvalue weighted by molar-refractivity contribution is 7.27. The second kappa shape index (κ2) is 6.49. The van der Waals surface area contributed by atoms with Crippen LogP contribution >= 0.6 is 22.9 Å². The summed E-state index contributed by atoms with van der Waals surface area (Å²) >= 11 is 8.34. The van der Waals surface area contributed by atoms with Crippen molar-refractivity contribution in [3.63, 3.8) is 0 Å². The van der Waals surface area contributed by atoms with Gasteiger partial charge in [0.2, 0.25) is 0 Å². The van der Waals surface area contributed by atoms with Crippen molar-refractivity contribution in [3.8, 4) is 0 Å². The van der Waals surface area contributed by atoms with Crippen molar-refractivity contribution in [2.45, 2.75) is 38.9 Å². The van der Waals surface area contributed by atoms with Crippen molar-refractivity contribution >= 4 is 66.8 Å². The largest absolute Gasteiger partial charge is 0.427 e. The first kappa shape index (κ1) is 18.8. The predicted molar refractivity (Wildman–Crippen MR) is 119 cm³/mol. The Hall–Kier alpha value is -1.59. The summed E-state index contributed by atoms with van der Waals surface area (Å²) in [6, 6.07) is 16.8. The molecule has 137 valence electrons. The second-order valence-electron chi connectivity index (χ2n) is 7.95. The first-order chi connectivity index (χ1) is 12.7. The first-order valence-corrected chi connectivity index (χ1v) is 10.1. The normalized spacial score (nSPS) is 13.0. The van der Waals surface area contributed by atoms with E-state index in [0.717, 1.165) is 15.5 Å². The number of fused-ring (bicyclic) bond motifs is 5. The third kappa shape index (κ3) is 3.25. The Morgan fingerprint density at radius 2 is 1.67 bits per heavy atom. The highest BCUT2D eigenvalue weighted by atomic mass is 35.5. The van der Waals surface area contributed by atoms with E-state index >= 15 is 0 Å². The number of rotatable bonds is 4. The van der Waals surface area contributed by atoms with Gasteiger partial charge >= 0.3 is 7.48 Å². The molecule has 1 aromatic heterocycles. The molecule has 0 spiro atoms. The molecule has 0 aliphatic rings. The molecular weight excluding hydrogens is 375 g/mol. The topological polar surface area (TPSA) is 29.5 Å². The molecule has 3 aromatic carbocycles. The van der Waals surface area contributed by atoms with Crippen LogP contribution in [0.2, 0.25) is 5.02 Å². The Kier molecular flexibility index (Phi) is 4.51. The Morgan fingerprint density at radius 3 is 2.41 bits per heavy atom. The maximum atomic E-state index is 10.3. The van der Waals surface area contributed by atoms with E-state index in [1.807, 2.05) is 19.9 Å². The summed E-state index contributed by atoms with van der Waals surface area (Å²) < 4.78 is 8.25. The summed E-state index contributed by atoms with van der Waals surface area (Å²) in [5, 5.41) is 15.8. The molecule has 0 fully saturated rings. The summed E-state index contributed by atoms with van der Waals surface area (Å²) in [4.78, 5) is 0. The van der Waals surface area contributed by atoms with Gasteiger partial charge < -0.3 is 9.76 Å². The van der Waals surface area contributed by atoms with Crippen LogP contribution in [0.5, 0.6) is 0 Å². The van der Waals surface area contributed by atoms with E-state index in [9.17, 15) is 5.11 Å². The molecule has 0 amide bonds. The number of hydrogen-bond donors (Lipinski definition) is 1. The van der Waals surface area contributed by atoms with Gasteiger partial charge in [0.15, 0.2) is 0 Å². The van der Waals surface area contributed by atoms with Gasteiger partial charge in [0.25, 0.3) is 0 Å². The van der Waals surface area contributed by atoms with E-state index in [1.54, 1.807) is 32.7 Å². The smallest absolute Gasteiger partial charge is 0.330 e. The third-order valence-electron chi connectivity index (χ3n) is 5.40. The number of benzene rings is 3. The summed E-state index contributed by atoms with van der Waals surface area (Å²) in [5.41, 5.74) is -0.801. The van der Waals surface area contributed by atoms with Gasteiger partial charge in [0.05, 0.1) is 20.9 Å². The molecular formula is C22H21BClO2S. The summed E-state index contributed by atoms with van der Waals surface area (Å²) in [5.74, 6) is 0. The Bertz CT molecular complexity index is 1160. The monoisotopic (exact) mass is 395 g/mol. The van der Waals surface area contributed by atoms with E-state index < -0.39 is 11.2 Å². The van der Waals surface area contributed by atoms with Crippen LogP contribution in [-0.2, 0) is 4.65 Å². The molecule has 0 saturated heterocycles. The number of aliphatic hydroxyl groups is 1. The molecule has 0 bridgehead atoms. The highest BCUT2D eigenvalue weighted by Gasteiger charge is 2.35. The lowest BCUT2D eigenvalue weighted by Gasteiger charge is -2.37. The SMILES string of the molecule is CC(C)(O)C(C)(C)O[B]c1cc(Cl)c2sc3c4ccccc4ccc3c2c1. The fourth-order valence-corrected chi connectivity index (χ4v) is 4.58. The molecule has 1 heterocycles. The van der Waals surface area contributed by atoms with Crippen molar-refractivity contribution in [2.75, 3.05) is 0 Å². The fraction of sp³-hybridized carbons (Fsp3) is 0.273. The molecule has 2 nitrogen and oxygen atoms in total. The van der Waals surface area contributed by atoms with Crippen molar-refractivity contribution in [1.82, 2.24) is 0 Å². The molecule has 27 heavy (non-hydrogen) atoms. The van der Waals surface area contributed by atoms with E-state index in [-0.39, 0.29) is 0 Å². The van der Waals surface area contributed by atoms with Crippen molar-refractivity contribution < 1.29 is 9.76 Å². The molecule has 5 heteroatoms. The van der Waals surface area contributed by atoms with Gasteiger partial charge in [-0.1, -0.05) is 59.5 Å². The van der Waals surface area contributed by atoms with Gasteiger partial charge in [-0.2, -0.15) is 0 Å². The molecule has 4 rings (SSSR count). The average molecular weight is 396 g/mol. The average Bonchev–Trinajstić information content (AvgIpc) is 2.99. The van der Waals surface area contributed by atoms with Gasteiger partial charge in [0.1, 0.15) is 0 Å². The van der Waals surface area contributed by atoms with Crippen LogP contribution in [0.3, 0.4) is 0 Å². The quantitative estimate of drug-likeness (QED) is 0.451. The maximum absolute atomic E-state index is 10.3. The summed E-state index contributed by atoms with van der Waals surface area (Å²) in [6.45, 7) is 7.23. The van der Waals surface area contributed by atoms with Crippen LogP contribution in [0.4, 0.5) is 0 Å². The zero-order valence-corrected chi connectivity index (χ0v) is 17.4.